The van der Waals surface area contributed by atoms with Crippen molar-refractivity contribution in [2.24, 2.45) is 0 Å². The fourth-order valence-corrected chi connectivity index (χ4v) is 9.06. The largest absolute Gasteiger partial charge is 0.456 e. The lowest BCUT2D eigenvalue weighted by Crippen LogP contribution is -2.01. The summed E-state index contributed by atoms with van der Waals surface area (Å²) in [5, 5.41) is 11.0. The molecule has 4 aromatic heterocycles. The van der Waals surface area contributed by atoms with Gasteiger partial charge < -0.3 is 13.4 Å². The van der Waals surface area contributed by atoms with Gasteiger partial charge in [0.1, 0.15) is 16.7 Å². The van der Waals surface area contributed by atoms with Crippen molar-refractivity contribution in [2.75, 3.05) is 0 Å². The molecule has 0 saturated carbocycles. The molecule has 13 rings (SSSR count). The molecule has 6 heteroatoms. The third-order valence-electron chi connectivity index (χ3n) is 11.8. The molecular formula is C53H30N4O2. The Bertz CT molecular complexity index is 3860. The van der Waals surface area contributed by atoms with Crippen molar-refractivity contribution in [2.45, 2.75) is 0 Å². The summed E-state index contributed by atoms with van der Waals surface area (Å²) in [5.41, 5.74) is 8.93. The van der Waals surface area contributed by atoms with Gasteiger partial charge in [-0.05, 0) is 76.1 Å². The summed E-state index contributed by atoms with van der Waals surface area (Å²) in [4.78, 5) is 15.8. The highest BCUT2D eigenvalue weighted by Gasteiger charge is 2.23. The van der Waals surface area contributed by atoms with Gasteiger partial charge in [-0.15, -0.1) is 0 Å². The van der Waals surface area contributed by atoms with E-state index in [0.29, 0.717) is 17.5 Å². The number of hydrogen-bond donors (Lipinski definition) is 0. The molecule has 0 spiro atoms. The van der Waals surface area contributed by atoms with Gasteiger partial charge >= 0.3 is 0 Å². The van der Waals surface area contributed by atoms with Crippen LogP contribution in [0.1, 0.15) is 0 Å². The Morgan fingerprint density at radius 3 is 1.80 bits per heavy atom. The van der Waals surface area contributed by atoms with Crippen LogP contribution in [0.5, 0.6) is 0 Å². The average molecular weight is 755 g/mol. The molecule has 0 aliphatic rings. The fourth-order valence-electron chi connectivity index (χ4n) is 9.06. The average Bonchev–Trinajstić information content (AvgIpc) is 3.96. The smallest absolute Gasteiger partial charge is 0.164 e. The molecular weight excluding hydrogens is 725 g/mol. The van der Waals surface area contributed by atoms with E-state index in [-0.39, 0.29) is 0 Å². The molecule has 13 aromatic rings. The quantitative estimate of drug-likeness (QED) is 0.179. The molecule has 0 atom stereocenters. The first-order valence-electron chi connectivity index (χ1n) is 19.8. The summed E-state index contributed by atoms with van der Waals surface area (Å²) < 4.78 is 15.6. The van der Waals surface area contributed by atoms with Crippen LogP contribution in [-0.2, 0) is 0 Å². The zero-order valence-corrected chi connectivity index (χ0v) is 31.4. The van der Waals surface area contributed by atoms with E-state index in [2.05, 4.69) is 126 Å². The highest BCUT2D eigenvalue weighted by atomic mass is 16.3. The monoisotopic (exact) mass is 754 g/mol. The van der Waals surface area contributed by atoms with Crippen molar-refractivity contribution in [3.8, 4) is 39.9 Å². The maximum atomic E-state index is 6.97. The number of hydrogen-bond acceptors (Lipinski definition) is 5. The van der Waals surface area contributed by atoms with E-state index < -0.39 is 0 Å². The van der Waals surface area contributed by atoms with Crippen LogP contribution in [0.4, 0.5) is 0 Å². The maximum Gasteiger partial charge on any atom is 0.164 e. The van der Waals surface area contributed by atoms with E-state index in [0.717, 1.165) is 88.1 Å². The summed E-state index contributed by atoms with van der Waals surface area (Å²) in [6.07, 6.45) is 0. The van der Waals surface area contributed by atoms with Gasteiger partial charge in [-0.3, -0.25) is 0 Å². The minimum atomic E-state index is 0.558. The molecule has 0 radical (unpaired) electrons. The van der Waals surface area contributed by atoms with Gasteiger partial charge in [-0.2, -0.15) is 0 Å². The van der Waals surface area contributed by atoms with Gasteiger partial charge in [0, 0.05) is 49.0 Å². The summed E-state index contributed by atoms with van der Waals surface area (Å²) in [6.45, 7) is 0. The van der Waals surface area contributed by atoms with Gasteiger partial charge in [0.15, 0.2) is 23.1 Å². The molecule has 0 bridgehead atoms. The zero-order valence-electron chi connectivity index (χ0n) is 31.4. The Kier molecular flexibility index (Phi) is 6.63. The second-order valence-electron chi connectivity index (χ2n) is 15.2. The fraction of sp³-hybridized carbons (Fsp3) is 0. The van der Waals surface area contributed by atoms with E-state index >= 15 is 0 Å². The van der Waals surface area contributed by atoms with Crippen molar-refractivity contribution < 1.29 is 8.83 Å². The number of nitrogens with zero attached hydrogens (tertiary/aromatic N) is 4. The topological polar surface area (TPSA) is 69.9 Å². The number of furan rings is 2. The number of rotatable bonds is 4. The van der Waals surface area contributed by atoms with Gasteiger partial charge in [0.25, 0.3) is 0 Å². The van der Waals surface area contributed by atoms with Gasteiger partial charge in [-0.1, -0.05) is 127 Å². The number of fused-ring (bicyclic) bond motifs is 11. The first-order valence-corrected chi connectivity index (χ1v) is 19.8. The molecule has 9 aromatic carbocycles. The number of benzene rings is 9. The van der Waals surface area contributed by atoms with E-state index in [1.54, 1.807) is 0 Å². The maximum absolute atomic E-state index is 6.97. The van der Waals surface area contributed by atoms with Crippen LogP contribution in [0.15, 0.2) is 191 Å². The van der Waals surface area contributed by atoms with Crippen molar-refractivity contribution >= 4 is 87.2 Å². The lowest BCUT2D eigenvalue weighted by atomic mass is 10.0. The molecule has 274 valence electrons. The third-order valence-corrected chi connectivity index (χ3v) is 11.8. The number of aromatic nitrogens is 4. The minimum Gasteiger partial charge on any atom is -0.456 e. The van der Waals surface area contributed by atoms with Crippen molar-refractivity contribution in [3.05, 3.63) is 182 Å². The standard InChI is InChI=1S/C53H30N4O2/c1-2-13-31(14-3-1)51-54-52(56-53(55-51)39-21-12-24-47-49(39)38-20-9-11-23-46(38)58-47)36-27-42-41-26-33-16-5-7-18-35(33)30-48(41)59-50(42)45(29-36)57-43-22-10-8-19-37(43)40-25-32-15-4-6-17-34(32)28-44(40)57/h1-30H. The van der Waals surface area contributed by atoms with Crippen LogP contribution in [0, 0.1) is 0 Å². The minimum absolute atomic E-state index is 0.558. The van der Waals surface area contributed by atoms with E-state index in [4.69, 9.17) is 23.8 Å². The zero-order chi connectivity index (χ0) is 38.6. The highest BCUT2D eigenvalue weighted by Crippen LogP contribution is 2.43. The highest BCUT2D eigenvalue weighted by molar-refractivity contribution is 6.17. The summed E-state index contributed by atoms with van der Waals surface area (Å²) >= 11 is 0. The van der Waals surface area contributed by atoms with Gasteiger partial charge in [0.05, 0.1) is 16.7 Å². The molecule has 0 saturated heterocycles. The third kappa shape index (κ3) is 4.84. The van der Waals surface area contributed by atoms with Crippen LogP contribution in [0.3, 0.4) is 0 Å². The molecule has 0 N–H and O–H groups in total. The number of para-hydroxylation sites is 2. The van der Waals surface area contributed by atoms with Crippen LogP contribution in [0.2, 0.25) is 0 Å². The van der Waals surface area contributed by atoms with E-state index in [1.165, 1.54) is 21.5 Å². The normalized spacial score (nSPS) is 12.1. The Labute approximate surface area is 336 Å². The van der Waals surface area contributed by atoms with Crippen molar-refractivity contribution in [1.82, 2.24) is 19.5 Å². The van der Waals surface area contributed by atoms with Crippen LogP contribution >= 0.6 is 0 Å². The molecule has 0 aliphatic heterocycles. The molecule has 59 heavy (non-hydrogen) atoms. The summed E-state index contributed by atoms with van der Waals surface area (Å²) in [5.74, 6) is 1.71. The Hall–Kier alpha value is -8.09. The van der Waals surface area contributed by atoms with Gasteiger partial charge in [-0.25, -0.2) is 15.0 Å². The molecule has 6 nitrogen and oxygen atoms in total. The summed E-state index contributed by atoms with van der Waals surface area (Å²) in [6, 6.07) is 63.3. The molecule has 0 unspecified atom stereocenters. The molecule has 0 aliphatic carbocycles. The van der Waals surface area contributed by atoms with Crippen LogP contribution < -0.4 is 0 Å². The van der Waals surface area contributed by atoms with Crippen LogP contribution in [-0.4, -0.2) is 19.5 Å². The molecule has 0 fully saturated rings. The Morgan fingerprint density at radius 2 is 0.983 bits per heavy atom. The SMILES string of the molecule is c1ccc(-c2nc(-c3cc(-n4c5ccccc5c5cc6ccccc6cc54)c4oc5cc6ccccc6cc5c4c3)nc(-c3cccc4oc5ccccc5c34)n2)cc1. The predicted molar refractivity (Wildman–Crippen MR) is 240 cm³/mol. The molecule has 4 heterocycles. The van der Waals surface area contributed by atoms with E-state index in [1.807, 2.05) is 60.7 Å². The lowest BCUT2D eigenvalue weighted by molar-refractivity contribution is 0.667. The predicted octanol–water partition coefficient (Wildman–Crippen LogP) is 14.1. The van der Waals surface area contributed by atoms with Crippen molar-refractivity contribution in [3.63, 3.8) is 0 Å². The van der Waals surface area contributed by atoms with Crippen LogP contribution in [0.25, 0.3) is 127 Å². The molecule has 0 amide bonds. The van der Waals surface area contributed by atoms with Gasteiger partial charge in [0.2, 0.25) is 0 Å². The lowest BCUT2D eigenvalue weighted by Gasteiger charge is -2.13. The Morgan fingerprint density at radius 1 is 0.356 bits per heavy atom. The van der Waals surface area contributed by atoms with E-state index in [9.17, 15) is 0 Å². The van der Waals surface area contributed by atoms with Crippen molar-refractivity contribution in [1.29, 1.82) is 0 Å². The summed E-state index contributed by atoms with van der Waals surface area (Å²) in [7, 11) is 0. The first-order chi connectivity index (χ1) is 29.2. The Balaban J connectivity index is 1.15. The second kappa shape index (κ2) is 12.2. The second-order valence-corrected chi connectivity index (χ2v) is 15.2. The first kappa shape index (κ1) is 32.0.